The van der Waals surface area contributed by atoms with E-state index in [1.54, 1.807) is 6.20 Å². The van der Waals surface area contributed by atoms with Crippen LogP contribution in [-0.2, 0) is 0 Å². The molecule has 1 saturated carbocycles. The number of H-pyrrole nitrogens is 2. The first-order valence-corrected chi connectivity index (χ1v) is 7.86. The maximum atomic E-state index is 12.5. The van der Waals surface area contributed by atoms with Crippen LogP contribution in [0.3, 0.4) is 0 Å². The number of imidazole rings is 1. The number of halogens is 1. The second-order valence-electron chi connectivity index (χ2n) is 6.08. The first-order valence-electron chi connectivity index (χ1n) is 7.86. The van der Waals surface area contributed by atoms with Crippen molar-refractivity contribution in [1.29, 1.82) is 0 Å². The first-order chi connectivity index (χ1) is 10.3. The first kappa shape index (κ1) is 15.2. The summed E-state index contributed by atoms with van der Waals surface area (Å²) in [5.41, 5.74) is 2.70. The summed E-state index contributed by atoms with van der Waals surface area (Å²) in [4.78, 5) is 23.0. The van der Waals surface area contributed by atoms with Crippen molar-refractivity contribution in [1.82, 2.24) is 19.5 Å². The molecule has 2 atom stereocenters. The lowest BCUT2D eigenvalue weighted by Crippen LogP contribution is -2.30. The standard InChI is InChI=1S/C16H20N4O.ClH/c1-2-10-5-3-4-6-13(10)20-14-11-7-8-17-15(11)18-9-12(14)19-16(20)21;/h7-10,13H,2-6H2,1H3,(H,17,18)(H,19,21);1H/t10-,13+;/m1./s1. The second kappa shape index (κ2) is 5.80. The zero-order chi connectivity index (χ0) is 14.4. The number of hydrogen-bond acceptors (Lipinski definition) is 2. The zero-order valence-electron chi connectivity index (χ0n) is 12.6. The highest BCUT2D eigenvalue weighted by Gasteiger charge is 2.28. The van der Waals surface area contributed by atoms with E-state index in [0.29, 0.717) is 12.0 Å². The van der Waals surface area contributed by atoms with Gasteiger partial charge in [0.15, 0.2) is 0 Å². The number of aromatic amines is 2. The zero-order valence-corrected chi connectivity index (χ0v) is 13.4. The average molecular weight is 321 g/mol. The summed E-state index contributed by atoms with van der Waals surface area (Å²) >= 11 is 0. The predicted octanol–water partition coefficient (Wildman–Crippen LogP) is 3.77. The summed E-state index contributed by atoms with van der Waals surface area (Å²) in [7, 11) is 0. The van der Waals surface area contributed by atoms with Gasteiger partial charge in [-0.05, 0) is 24.8 Å². The third-order valence-electron chi connectivity index (χ3n) is 4.98. The highest BCUT2D eigenvalue weighted by atomic mass is 35.5. The van der Waals surface area contributed by atoms with E-state index in [9.17, 15) is 4.79 Å². The monoisotopic (exact) mass is 320 g/mol. The molecule has 22 heavy (non-hydrogen) atoms. The van der Waals surface area contributed by atoms with Crippen LogP contribution in [0.1, 0.15) is 45.1 Å². The Hall–Kier alpha value is -1.75. The molecule has 0 aromatic carbocycles. The van der Waals surface area contributed by atoms with Gasteiger partial charge in [-0.3, -0.25) is 4.57 Å². The molecule has 3 heterocycles. The number of pyridine rings is 1. The maximum Gasteiger partial charge on any atom is 0.326 e. The Morgan fingerprint density at radius 3 is 3.00 bits per heavy atom. The van der Waals surface area contributed by atoms with E-state index in [1.165, 1.54) is 19.3 Å². The molecule has 1 fully saturated rings. The minimum Gasteiger partial charge on any atom is -0.346 e. The molecule has 0 spiro atoms. The van der Waals surface area contributed by atoms with Gasteiger partial charge in [-0.2, -0.15) is 0 Å². The quantitative estimate of drug-likeness (QED) is 0.754. The lowest BCUT2D eigenvalue weighted by molar-refractivity contribution is 0.233. The third kappa shape index (κ3) is 2.15. The molecule has 6 heteroatoms. The lowest BCUT2D eigenvalue weighted by Gasteiger charge is -2.31. The van der Waals surface area contributed by atoms with Gasteiger partial charge in [-0.1, -0.05) is 26.2 Å². The molecule has 118 valence electrons. The van der Waals surface area contributed by atoms with Crippen LogP contribution >= 0.6 is 12.4 Å². The Labute approximate surface area is 134 Å². The Balaban J connectivity index is 0.00000144. The van der Waals surface area contributed by atoms with Gasteiger partial charge in [0.2, 0.25) is 0 Å². The van der Waals surface area contributed by atoms with Gasteiger partial charge in [0.25, 0.3) is 0 Å². The van der Waals surface area contributed by atoms with Gasteiger partial charge in [0.05, 0.1) is 17.2 Å². The largest absolute Gasteiger partial charge is 0.346 e. The number of fused-ring (bicyclic) bond motifs is 3. The molecule has 0 aliphatic heterocycles. The minimum absolute atomic E-state index is 0. The van der Waals surface area contributed by atoms with Gasteiger partial charge < -0.3 is 9.97 Å². The second-order valence-corrected chi connectivity index (χ2v) is 6.08. The van der Waals surface area contributed by atoms with Gasteiger partial charge in [-0.15, -0.1) is 12.4 Å². The minimum atomic E-state index is 0. The molecule has 3 aromatic rings. The van der Waals surface area contributed by atoms with Crippen LogP contribution in [0.4, 0.5) is 0 Å². The normalized spacial score (nSPS) is 22.0. The lowest BCUT2D eigenvalue weighted by atomic mass is 9.82. The predicted molar refractivity (Wildman–Crippen MR) is 90.7 cm³/mol. The molecule has 3 aromatic heterocycles. The number of nitrogens with one attached hydrogen (secondary N) is 2. The Morgan fingerprint density at radius 1 is 1.36 bits per heavy atom. The third-order valence-corrected chi connectivity index (χ3v) is 4.98. The number of aromatic nitrogens is 4. The summed E-state index contributed by atoms with van der Waals surface area (Å²) in [5.74, 6) is 0.595. The molecule has 1 aliphatic rings. The fourth-order valence-corrected chi connectivity index (χ4v) is 3.94. The van der Waals surface area contributed by atoms with Crippen LogP contribution < -0.4 is 5.69 Å². The van der Waals surface area contributed by atoms with Crippen molar-refractivity contribution in [2.24, 2.45) is 5.92 Å². The molecule has 4 rings (SSSR count). The topological polar surface area (TPSA) is 66.5 Å². The van der Waals surface area contributed by atoms with E-state index in [2.05, 4.69) is 21.9 Å². The summed E-state index contributed by atoms with van der Waals surface area (Å²) in [6.07, 6.45) is 9.59. The van der Waals surface area contributed by atoms with Crippen molar-refractivity contribution in [3.8, 4) is 0 Å². The van der Waals surface area contributed by atoms with Crippen LogP contribution in [-0.4, -0.2) is 19.5 Å². The highest BCUT2D eigenvalue weighted by Crippen LogP contribution is 2.37. The molecule has 1 aliphatic carbocycles. The van der Waals surface area contributed by atoms with Crippen molar-refractivity contribution < 1.29 is 0 Å². The van der Waals surface area contributed by atoms with Crippen molar-refractivity contribution in [3.63, 3.8) is 0 Å². The summed E-state index contributed by atoms with van der Waals surface area (Å²) in [5, 5.41) is 1.03. The number of nitrogens with zero attached hydrogens (tertiary/aromatic N) is 2. The van der Waals surface area contributed by atoms with Gasteiger partial charge in [-0.25, -0.2) is 9.78 Å². The fraction of sp³-hybridized carbons (Fsp3) is 0.500. The van der Waals surface area contributed by atoms with E-state index < -0.39 is 0 Å². The van der Waals surface area contributed by atoms with Crippen molar-refractivity contribution in [2.75, 3.05) is 0 Å². The molecular formula is C16H21ClN4O. The van der Waals surface area contributed by atoms with E-state index in [4.69, 9.17) is 0 Å². The Morgan fingerprint density at radius 2 is 2.18 bits per heavy atom. The highest BCUT2D eigenvalue weighted by molar-refractivity contribution is 6.00. The Bertz CT molecular complexity index is 847. The van der Waals surface area contributed by atoms with Gasteiger partial charge >= 0.3 is 5.69 Å². The van der Waals surface area contributed by atoms with Crippen LogP contribution in [0.5, 0.6) is 0 Å². The summed E-state index contributed by atoms with van der Waals surface area (Å²) in [6.45, 7) is 2.23. The molecule has 0 amide bonds. The van der Waals surface area contributed by atoms with Crippen LogP contribution in [0.25, 0.3) is 22.1 Å². The average Bonchev–Trinajstić information content (AvgIpc) is 3.09. The van der Waals surface area contributed by atoms with Crippen LogP contribution in [0.15, 0.2) is 23.3 Å². The van der Waals surface area contributed by atoms with Crippen LogP contribution in [0, 0.1) is 5.92 Å². The van der Waals surface area contributed by atoms with E-state index in [1.807, 2.05) is 16.8 Å². The fourth-order valence-electron chi connectivity index (χ4n) is 3.94. The van der Waals surface area contributed by atoms with Gasteiger partial charge in [0, 0.05) is 17.6 Å². The van der Waals surface area contributed by atoms with Gasteiger partial charge in [0.1, 0.15) is 5.65 Å². The summed E-state index contributed by atoms with van der Waals surface area (Å²) in [6, 6.07) is 2.32. The molecular weight excluding hydrogens is 300 g/mol. The molecule has 5 nitrogen and oxygen atoms in total. The summed E-state index contributed by atoms with van der Waals surface area (Å²) < 4.78 is 2.00. The van der Waals surface area contributed by atoms with E-state index in [0.717, 1.165) is 34.9 Å². The van der Waals surface area contributed by atoms with Crippen molar-refractivity contribution in [2.45, 2.75) is 45.1 Å². The number of hydrogen-bond donors (Lipinski definition) is 2. The van der Waals surface area contributed by atoms with E-state index in [-0.39, 0.29) is 18.1 Å². The van der Waals surface area contributed by atoms with Crippen LogP contribution in [0.2, 0.25) is 0 Å². The number of rotatable bonds is 2. The van der Waals surface area contributed by atoms with E-state index >= 15 is 0 Å². The molecule has 2 N–H and O–H groups in total. The van der Waals surface area contributed by atoms with Crippen molar-refractivity contribution in [3.05, 3.63) is 28.9 Å². The smallest absolute Gasteiger partial charge is 0.326 e. The maximum absolute atomic E-state index is 12.5. The molecule has 0 radical (unpaired) electrons. The Kier molecular flexibility index (Phi) is 4.00. The SMILES string of the molecule is CC[C@@H]1CCCC[C@@H]1n1c(=O)[nH]c2cnc3[nH]ccc3c21.Cl. The molecule has 0 saturated heterocycles. The molecule has 0 bridgehead atoms. The van der Waals surface area contributed by atoms with Crippen molar-refractivity contribution >= 4 is 34.5 Å². The molecule has 0 unspecified atom stereocenters.